The molecule has 1 amide bonds. The Hall–Kier alpha value is -4.92. The molecular weight excluding hydrogens is 478 g/mol. The fourth-order valence-electron chi connectivity index (χ4n) is 4.53. The van der Waals surface area contributed by atoms with Gasteiger partial charge in [0.15, 0.2) is 5.84 Å². The van der Waals surface area contributed by atoms with Gasteiger partial charge in [-0.25, -0.2) is 9.61 Å². The Labute approximate surface area is 219 Å². The molecule has 4 aromatic rings. The second-order valence-corrected chi connectivity index (χ2v) is 9.33. The molecule has 0 radical (unpaired) electrons. The number of benzene rings is 2. The van der Waals surface area contributed by atoms with Crippen LogP contribution in [0.25, 0.3) is 28.5 Å². The lowest BCUT2D eigenvalue weighted by molar-refractivity contribution is -0.120. The fraction of sp³-hybridized carbons (Fsp3) is 0.172. The van der Waals surface area contributed by atoms with E-state index in [9.17, 15) is 4.79 Å². The maximum atomic E-state index is 12.3. The zero-order chi connectivity index (χ0) is 26.1. The quantitative estimate of drug-likeness (QED) is 0.418. The van der Waals surface area contributed by atoms with Gasteiger partial charge in [-0.15, -0.1) is 5.10 Å². The number of pyridine rings is 1. The largest absolute Gasteiger partial charge is 0.352 e. The predicted octanol–water partition coefficient (Wildman–Crippen LogP) is 4.39. The highest BCUT2D eigenvalue weighted by atomic mass is 16.6. The Bertz CT molecular complexity index is 1600. The second-order valence-electron chi connectivity index (χ2n) is 9.33. The molecule has 0 aliphatic carbocycles. The summed E-state index contributed by atoms with van der Waals surface area (Å²) in [4.78, 5) is 19.5. The summed E-state index contributed by atoms with van der Waals surface area (Å²) in [7, 11) is 0. The summed E-state index contributed by atoms with van der Waals surface area (Å²) in [6.07, 6.45) is 4.18. The van der Waals surface area contributed by atoms with Gasteiger partial charge < -0.3 is 10.2 Å². The number of aryl methyl sites for hydroxylation is 1. The zero-order valence-corrected chi connectivity index (χ0v) is 21.0. The molecule has 38 heavy (non-hydrogen) atoms. The molecule has 4 heterocycles. The predicted molar refractivity (Wildman–Crippen MR) is 145 cm³/mol. The number of fused-ring (bicyclic) bond motifs is 3. The van der Waals surface area contributed by atoms with Gasteiger partial charge in [0.25, 0.3) is 0 Å². The molecule has 2 aromatic carbocycles. The molecule has 2 aliphatic rings. The SMILES string of the molecule is CC1=NN=C2c3cc(-c4ccccc4)c(-c4ccc(CNC(=O)Cc5nonc5C)cc4)nc3C=CN2C1. The molecule has 9 nitrogen and oxygen atoms in total. The van der Waals surface area contributed by atoms with E-state index in [1.807, 2.05) is 61.7 Å². The summed E-state index contributed by atoms with van der Waals surface area (Å²) in [6, 6.07) is 20.5. The van der Waals surface area contributed by atoms with Crippen LogP contribution in [0.2, 0.25) is 0 Å². The van der Waals surface area contributed by atoms with Crippen molar-refractivity contribution in [1.29, 1.82) is 0 Å². The van der Waals surface area contributed by atoms with Crippen LogP contribution in [0.5, 0.6) is 0 Å². The minimum Gasteiger partial charge on any atom is -0.352 e. The van der Waals surface area contributed by atoms with Gasteiger partial charge in [0, 0.05) is 29.4 Å². The van der Waals surface area contributed by atoms with Crippen molar-refractivity contribution >= 4 is 23.5 Å². The molecule has 2 aromatic heterocycles. The van der Waals surface area contributed by atoms with Crippen molar-refractivity contribution in [3.05, 3.63) is 95.1 Å². The molecule has 0 saturated heterocycles. The Morgan fingerprint density at radius 1 is 0.974 bits per heavy atom. The highest BCUT2D eigenvalue weighted by Gasteiger charge is 2.25. The van der Waals surface area contributed by atoms with E-state index in [4.69, 9.17) is 4.98 Å². The van der Waals surface area contributed by atoms with E-state index in [1.165, 1.54) is 0 Å². The van der Waals surface area contributed by atoms with E-state index in [2.05, 4.69) is 53.6 Å². The summed E-state index contributed by atoms with van der Waals surface area (Å²) in [6.45, 7) is 4.86. The Kier molecular flexibility index (Phi) is 6.09. The van der Waals surface area contributed by atoms with Crippen molar-refractivity contribution in [2.75, 3.05) is 6.54 Å². The van der Waals surface area contributed by atoms with Crippen molar-refractivity contribution in [2.24, 2.45) is 10.2 Å². The molecular formula is C29H25N7O2. The Morgan fingerprint density at radius 3 is 2.55 bits per heavy atom. The molecule has 0 atom stereocenters. The third kappa shape index (κ3) is 4.61. The third-order valence-electron chi connectivity index (χ3n) is 6.57. The van der Waals surface area contributed by atoms with E-state index in [-0.39, 0.29) is 12.3 Å². The van der Waals surface area contributed by atoms with Crippen LogP contribution in [-0.4, -0.2) is 44.2 Å². The lowest BCUT2D eigenvalue weighted by Gasteiger charge is -2.29. The first kappa shape index (κ1) is 23.5. The van der Waals surface area contributed by atoms with E-state index in [0.717, 1.165) is 50.8 Å². The van der Waals surface area contributed by atoms with E-state index in [0.29, 0.717) is 24.5 Å². The number of rotatable bonds is 6. The number of carbonyl (C=O) groups is 1. The number of aromatic nitrogens is 3. The van der Waals surface area contributed by atoms with Gasteiger partial charge in [-0.1, -0.05) is 64.9 Å². The average molecular weight is 504 g/mol. The van der Waals surface area contributed by atoms with Crippen molar-refractivity contribution in [3.8, 4) is 22.4 Å². The molecule has 0 unspecified atom stereocenters. The highest BCUT2D eigenvalue weighted by molar-refractivity contribution is 6.08. The van der Waals surface area contributed by atoms with Crippen LogP contribution in [-0.2, 0) is 17.8 Å². The number of nitrogens with one attached hydrogen (secondary N) is 1. The van der Waals surface area contributed by atoms with Gasteiger partial charge >= 0.3 is 0 Å². The first-order valence-electron chi connectivity index (χ1n) is 12.4. The standard InChI is InChI=1S/C29H25N7O2/c1-18-17-36-13-12-25-24(29(36)33-32-18)14-23(21-6-4-3-5-7-21)28(31-25)22-10-8-20(9-11-22)16-30-27(37)15-26-19(2)34-38-35-26/h3-14H,15-17H2,1-2H3,(H,30,37). The van der Waals surface area contributed by atoms with Crippen molar-refractivity contribution in [2.45, 2.75) is 26.8 Å². The Balaban J connectivity index is 1.29. The summed E-state index contributed by atoms with van der Waals surface area (Å²) in [5, 5.41) is 19.2. The van der Waals surface area contributed by atoms with Crippen LogP contribution in [0.15, 0.2) is 81.7 Å². The van der Waals surface area contributed by atoms with Gasteiger partial charge in [-0.2, -0.15) is 5.10 Å². The van der Waals surface area contributed by atoms with Gasteiger partial charge in [0.2, 0.25) is 5.91 Å². The van der Waals surface area contributed by atoms with E-state index >= 15 is 0 Å². The van der Waals surface area contributed by atoms with Crippen molar-refractivity contribution in [3.63, 3.8) is 0 Å². The van der Waals surface area contributed by atoms with Crippen LogP contribution in [0.4, 0.5) is 0 Å². The van der Waals surface area contributed by atoms with Crippen LogP contribution in [0.3, 0.4) is 0 Å². The van der Waals surface area contributed by atoms with Crippen LogP contribution >= 0.6 is 0 Å². The first-order valence-corrected chi connectivity index (χ1v) is 12.4. The topological polar surface area (TPSA) is 109 Å². The van der Waals surface area contributed by atoms with Gasteiger partial charge in [-0.3, -0.25) is 4.79 Å². The third-order valence-corrected chi connectivity index (χ3v) is 6.57. The molecule has 0 bridgehead atoms. The lowest BCUT2D eigenvalue weighted by atomic mass is 9.94. The number of hydrogen-bond acceptors (Lipinski definition) is 8. The van der Waals surface area contributed by atoms with Gasteiger partial charge in [-0.05, 0) is 37.1 Å². The zero-order valence-electron chi connectivity index (χ0n) is 21.0. The summed E-state index contributed by atoms with van der Waals surface area (Å²) < 4.78 is 4.67. The maximum absolute atomic E-state index is 12.3. The average Bonchev–Trinajstić information content (AvgIpc) is 3.35. The first-order chi connectivity index (χ1) is 18.5. The van der Waals surface area contributed by atoms with Gasteiger partial charge in [0.1, 0.15) is 11.4 Å². The normalized spacial score (nSPS) is 13.9. The van der Waals surface area contributed by atoms with Crippen LogP contribution < -0.4 is 5.32 Å². The maximum Gasteiger partial charge on any atom is 0.226 e. The van der Waals surface area contributed by atoms with Gasteiger partial charge in [0.05, 0.1) is 30.1 Å². The highest BCUT2D eigenvalue weighted by Crippen LogP contribution is 2.35. The number of hydrogen-bond donors (Lipinski definition) is 1. The van der Waals surface area contributed by atoms with Crippen LogP contribution in [0.1, 0.15) is 35.1 Å². The molecule has 9 heteroatoms. The molecule has 0 saturated carbocycles. The molecule has 188 valence electrons. The molecule has 0 spiro atoms. The minimum absolute atomic E-state index is 0.133. The summed E-state index contributed by atoms with van der Waals surface area (Å²) >= 11 is 0. The number of amides is 1. The number of amidine groups is 1. The number of nitrogens with zero attached hydrogens (tertiary/aromatic N) is 6. The van der Waals surface area contributed by atoms with E-state index in [1.54, 1.807) is 6.92 Å². The minimum atomic E-state index is -0.137. The van der Waals surface area contributed by atoms with Crippen molar-refractivity contribution < 1.29 is 9.42 Å². The van der Waals surface area contributed by atoms with Crippen molar-refractivity contribution in [1.82, 2.24) is 25.5 Å². The van der Waals surface area contributed by atoms with Crippen LogP contribution in [0, 0.1) is 6.92 Å². The smallest absolute Gasteiger partial charge is 0.226 e. The molecule has 2 aliphatic heterocycles. The summed E-state index contributed by atoms with van der Waals surface area (Å²) in [5.74, 6) is 0.675. The Morgan fingerprint density at radius 2 is 1.79 bits per heavy atom. The molecule has 0 fully saturated rings. The monoisotopic (exact) mass is 503 g/mol. The van der Waals surface area contributed by atoms with E-state index < -0.39 is 0 Å². The fourth-order valence-corrected chi connectivity index (χ4v) is 4.53. The molecule has 6 rings (SSSR count). The second kappa shape index (κ2) is 9.85. The summed E-state index contributed by atoms with van der Waals surface area (Å²) in [5.41, 5.74) is 8.90. The molecule has 1 N–H and O–H groups in total. The number of carbonyl (C=O) groups excluding carboxylic acids is 1. The lowest BCUT2D eigenvalue weighted by Crippen LogP contribution is -2.36.